The van der Waals surface area contributed by atoms with E-state index in [1.54, 1.807) is 6.07 Å². The maximum atomic E-state index is 11.0. The van der Waals surface area contributed by atoms with Crippen molar-refractivity contribution in [2.75, 3.05) is 0 Å². The molecule has 106 valence electrons. The molecule has 4 nitrogen and oxygen atoms in total. The third-order valence-corrected chi connectivity index (χ3v) is 4.74. The summed E-state index contributed by atoms with van der Waals surface area (Å²) in [5.41, 5.74) is 2.05. The minimum atomic E-state index is -0.377. The third kappa shape index (κ3) is 2.73. The van der Waals surface area contributed by atoms with Crippen molar-refractivity contribution in [2.45, 2.75) is 6.54 Å². The molecule has 0 bridgehead atoms. The molecular weight excluding hydrogens is 400 g/mol. The van der Waals surface area contributed by atoms with E-state index < -0.39 is 0 Å². The van der Waals surface area contributed by atoms with Crippen LogP contribution in [0, 0.1) is 10.1 Å². The Morgan fingerprint density at radius 1 is 1.14 bits per heavy atom. The van der Waals surface area contributed by atoms with Crippen LogP contribution in [0.2, 0.25) is 0 Å². The van der Waals surface area contributed by atoms with Gasteiger partial charge in [-0.15, -0.1) is 0 Å². The molecule has 0 amide bonds. The van der Waals surface area contributed by atoms with Crippen molar-refractivity contribution in [2.24, 2.45) is 0 Å². The summed E-state index contributed by atoms with van der Waals surface area (Å²) in [7, 11) is 0. The smallest absolute Gasteiger partial charge is 0.283 e. The Morgan fingerprint density at radius 2 is 1.95 bits per heavy atom. The number of hydrogen-bond acceptors (Lipinski definition) is 2. The van der Waals surface area contributed by atoms with Gasteiger partial charge in [-0.3, -0.25) is 10.1 Å². The third-order valence-electron chi connectivity index (χ3n) is 3.33. The Labute approximate surface area is 137 Å². The second kappa shape index (κ2) is 5.61. The average molecular weight is 410 g/mol. The van der Waals surface area contributed by atoms with E-state index in [2.05, 4.69) is 36.4 Å². The predicted octanol–water partition coefficient (Wildman–Crippen LogP) is 5.12. The number of benzene rings is 2. The van der Waals surface area contributed by atoms with Gasteiger partial charge >= 0.3 is 0 Å². The summed E-state index contributed by atoms with van der Waals surface area (Å²) in [6.45, 7) is 0.572. The van der Waals surface area contributed by atoms with Crippen LogP contribution in [0.1, 0.15) is 5.56 Å². The number of aromatic nitrogens is 1. The number of rotatable bonds is 3. The molecule has 0 saturated heterocycles. The SMILES string of the molecule is O=[N+]([O-])c1cccc(Cn2ccc3ccc(Br)cc32)c1Br. The number of hydrogen-bond donors (Lipinski definition) is 0. The van der Waals surface area contributed by atoms with Gasteiger partial charge < -0.3 is 4.57 Å². The summed E-state index contributed by atoms with van der Waals surface area (Å²) < 4.78 is 3.61. The van der Waals surface area contributed by atoms with E-state index in [0.717, 1.165) is 20.9 Å². The molecule has 0 atom stereocenters. The number of nitrogens with zero attached hydrogens (tertiary/aromatic N) is 2. The van der Waals surface area contributed by atoms with Crippen LogP contribution in [-0.2, 0) is 6.54 Å². The lowest BCUT2D eigenvalue weighted by atomic mass is 10.2. The summed E-state index contributed by atoms with van der Waals surface area (Å²) in [6, 6.07) is 13.2. The first kappa shape index (κ1) is 14.3. The molecule has 0 fully saturated rings. The lowest BCUT2D eigenvalue weighted by Gasteiger charge is -2.08. The first-order valence-electron chi connectivity index (χ1n) is 6.22. The molecule has 0 aliphatic heterocycles. The van der Waals surface area contributed by atoms with E-state index in [9.17, 15) is 10.1 Å². The number of nitro groups is 1. The molecule has 0 aliphatic carbocycles. The Balaban J connectivity index is 2.05. The maximum absolute atomic E-state index is 11.0. The minimum Gasteiger partial charge on any atom is -0.343 e. The van der Waals surface area contributed by atoms with Crippen molar-refractivity contribution in [3.63, 3.8) is 0 Å². The van der Waals surface area contributed by atoms with E-state index >= 15 is 0 Å². The lowest BCUT2D eigenvalue weighted by Crippen LogP contribution is -2.00. The maximum Gasteiger partial charge on any atom is 0.283 e. The molecular formula is C15H10Br2N2O2. The molecule has 0 spiro atoms. The molecule has 0 unspecified atom stereocenters. The van der Waals surface area contributed by atoms with Gasteiger partial charge in [0.05, 0.1) is 4.92 Å². The molecule has 0 saturated carbocycles. The van der Waals surface area contributed by atoms with Gasteiger partial charge in [-0.25, -0.2) is 0 Å². The molecule has 1 aromatic heterocycles. The van der Waals surface area contributed by atoms with Crippen molar-refractivity contribution in [1.82, 2.24) is 4.57 Å². The Bertz CT molecular complexity index is 843. The summed E-state index contributed by atoms with van der Waals surface area (Å²) in [6.07, 6.45) is 1.99. The number of halogens is 2. The largest absolute Gasteiger partial charge is 0.343 e. The van der Waals surface area contributed by atoms with Gasteiger partial charge in [-0.05, 0) is 45.1 Å². The molecule has 3 rings (SSSR count). The van der Waals surface area contributed by atoms with Crippen LogP contribution in [0.3, 0.4) is 0 Å². The predicted molar refractivity (Wildman–Crippen MR) is 89.5 cm³/mol. The fourth-order valence-corrected chi connectivity index (χ4v) is 3.19. The van der Waals surface area contributed by atoms with Crippen molar-refractivity contribution in [3.8, 4) is 0 Å². The van der Waals surface area contributed by atoms with Crippen molar-refractivity contribution in [3.05, 3.63) is 73.3 Å². The highest BCUT2D eigenvalue weighted by atomic mass is 79.9. The average Bonchev–Trinajstić information content (AvgIpc) is 2.83. The zero-order valence-corrected chi connectivity index (χ0v) is 14.0. The second-order valence-corrected chi connectivity index (χ2v) is 6.36. The standard InChI is InChI=1S/C15H10Br2N2O2/c16-12-5-4-10-6-7-18(14(10)8-12)9-11-2-1-3-13(15(11)17)19(20)21/h1-8H,9H2. The molecule has 0 aliphatic rings. The highest BCUT2D eigenvalue weighted by Gasteiger charge is 2.15. The van der Waals surface area contributed by atoms with Crippen molar-refractivity contribution in [1.29, 1.82) is 0 Å². The van der Waals surface area contributed by atoms with E-state index in [1.807, 2.05) is 36.5 Å². The van der Waals surface area contributed by atoms with Crippen LogP contribution in [0.15, 0.2) is 57.6 Å². The van der Waals surface area contributed by atoms with Crippen LogP contribution in [0.4, 0.5) is 5.69 Å². The molecule has 21 heavy (non-hydrogen) atoms. The normalized spacial score (nSPS) is 11.0. The zero-order chi connectivity index (χ0) is 15.0. The van der Waals surface area contributed by atoms with Crippen LogP contribution in [0.25, 0.3) is 10.9 Å². The molecule has 0 radical (unpaired) electrons. The minimum absolute atomic E-state index is 0.0881. The zero-order valence-electron chi connectivity index (χ0n) is 10.8. The Morgan fingerprint density at radius 3 is 2.71 bits per heavy atom. The quantitative estimate of drug-likeness (QED) is 0.445. The highest BCUT2D eigenvalue weighted by molar-refractivity contribution is 9.11. The van der Waals surface area contributed by atoms with Crippen molar-refractivity contribution >= 4 is 48.5 Å². The molecule has 1 heterocycles. The monoisotopic (exact) mass is 408 g/mol. The van der Waals surface area contributed by atoms with E-state index in [0.29, 0.717) is 11.0 Å². The Hall–Kier alpha value is -1.66. The van der Waals surface area contributed by atoms with Crippen molar-refractivity contribution < 1.29 is 4.92 Å². The van der Waals surface area contributed by atoms with Gasteiger partial charge in [0.15, 0.2) is 0 Å². The molecule has 2 aromatic carbocycles. The fourth-order valence-electron chi connectivity index (χ4n) is 2.31. The van der Waals surface area contributed by atoms with Crippen LogP contribution >= 0.6 is 31.9 Å². The van der Waals surface area contributed by atoms with Crippen LogP contribution < -0.4 is 0 Å². The summed E-state index contributed by atoms with van der Waals surface area (Å²) >= 11 is 6.81. The first-order valence-corrected chi connectivity index (χ1v) is 7.81. The van der Waals surface area contributed by atoms with Crippen LogP contribution in [0.5, 0.6) is 0 Å². The second-order valence-electron chi connectivity index (χ2n) is 4.65. The van der Waals surface area contributed by atoms with Gasteiger partial charge in [-0.2, -0.15) is 0 Å². The van der Waals surface area contributed by atoms with Gasteiger partial charge in [0.1, 0.15) is 4.47 Å². The fraction of sp³-hybridized carbons (Fsp3) is 0.0667. The lowest BCUT2D eigenvalue weighted by molar-refractivity contribution is -0.385. The molecule has 0 N–H and O–H groups in total. The summed E-state index contributed by atoms with van der Waals surface area (Å²) in [5.74, 6) is 0. The van der Waals surface area contributed by atoms with Gasteiger partial charge in [0.2, 0.25) is 0 Å². The van der Waals surface area contributed by atoms with Gasteiger partial charge in [0, 0.05) is 28.8 Å². The topological polar surface area (TPSA) is 48.1 Å². The molecule has 6 heteroatoms. The van der Waals surface area contributed by atoms with E-state index in [1.165, 1.54) is 6.07 Å². The highest BCUT2D eigenvalue weighted by Crippen LogP contribution is 2.30. The van der Waals surface area contributed by atoms with Crippen LogP contribution in [-0.4, -0.2) is 9.49 Å². The summed E-state index contributed by atoms with van der Waals surface area (Å²) in [5, 5.41) is 12.1. The first-order chi connectivity index (χ1) is 10.1. The van der Waals surface area contributed by atoms with Gasteiger partial charge in [0.25, 0.3) is 5.69 Å². The number of nitro benzene ring substituents is 1. The Kier molecular flexibility index (Phi) is 3.82. The summed E-state index contributed by atoms with van der Waals surface area (Å²) in [4.78, 5) is 10.6. The molecule has 3 aromatic rings. The van der Waals surface area contributed by atoms with E-state index in [-0.39, 0.29) is 10.6 Å². The number of fused-ring (bicyclic) bond motifs is 1. The van der Waals surface area contributed by atoms with Gasteiger partial charge in [-0.1, -0.05) is 34.1 Å². The van der Waals surface area contributed by atoms with E-state index in [4.69, 9.17) is 0 Å².